The van der Waals surface area contributed by atoms with Gasteiger partial charge >= 0.3 is 0 Å². The molecule has 1 N–H and O–H groups in total. The molecular formula is C29H36N2O. The van der Waals surface area contributed by atoms with Crippen LogP contribution in [0.4, 0.5) is 0 Å². The van der Waals surface area contributed by atoms with E-state index in [1.54, 1.807) is 0 Å². The van der Waals surface area contributed by atoms with Gasteiger partial charge in [-0.05, 0) is 82.2 Å². The van der Waals surface area contributed by atoms with E-state index >= 15 is 0 Å². The number of rotatable bonds is 8. The summed E-state index contributed by atoms with van der Waals surface area (Å²) < 4.78 is 0. The topological polar surface area (TPSA) is 26.7 Å². The fourth-order valence-corrected chi connectivity index (χ4v) is 5.12. The van der Waals surface area contributed by atoms with Crippen molar-refractivity contribution in [1.29, 1.82) is 0 Å². The van der Waals surface area contributed by atoms with Gasteiger partial charge in [-0.3, -0.25) is 0 Å². The SMILES string of the molecule is CN1CCC(c2ccccc2)(c2cc(CCCN(C)Cc3ccccc3)ccc2O)CC1. The van der Waals surface area contributed by atoms with Crippen LogP contribution < -0.4 is 0 Å². The zero-order chi connectivity index (χ0) is 22.4. The van der Waals surface area contributed by atoms with Gasteiger partial charge in [-0.25, -0.2) is 0 Å². The van der Waals surface area contributed by atoms with Crippen LogP contribution >= 0.6 is 0 Å². The van der Waals surface area contributed by atoms with Gasteiger partial charge in [-0.2, -0.15) is 0 Å². The Labute approximate surface area is 193 Å². The Balaban J connectivity index is 1.48. The average Bonchev–Trinajstić information content (AvgIpc) is 2.82. The van der Waals surface area contributed by atoms with Crippen molar-refractivity contribution in [2.24, 2.45) is 0 Å². The molecule has 3 aromatic rings. The Kier molecular flexibility index (Phi) is 7.29. The maximum Gasteiger partial charge on any atom is 0.119 e. The second kappa shape index (κ2) is 10.3. The molecule has 0 bridgehead atoms. The molecule has 0 amide bonds. The van der Waals surface area contributed by atoms with Gasteiger partial charge in [0.05, 0.1) is 0 Å². The van der Waals surface area contributed by atoms with Gasteiger partial charge in [0.2, 0.25) is 0 Å². The predicted molar refractivity (Wildman–Crippen MR) is 133 cm³/mol. The zero-order valence-electron chi connectivity index (χ0n) is 19.5. The number of aryl methyl sites for hydroxylation is 1. The number of aromatic hydroxyl groups is 1. The van der Waals surface area contributed by atoms with Gasteiger partial charge in [0.1, 0.15) is 5.75 Å². The molecule has 0 atom stereocenters. The molecule has 3 aromatic carbocycles. The van der Waals surface area contributed by atoms with E-state index in [1.807, 2.05) is 6.07 Å². The van der Waals surface area contributed by atoms with Crippen molar-refractivity contribution in [3.8, 4) is 5.75 Å². The molecule has 0 aliphatic carbocycles. The van der Waals surface area contributed by atoms with Crippen LogP contribution in [0.1, 0.15) is 41.5 Å². The predicted octanol–water partition coefficient (Wildman–Crippen LogP) is 5.47. The van der Waals surface area contributed by atoms with E-state index in [2.05, 4.69) is 96.7 Å². The number of hydrogen-bond donors (Lipinski definition) is 1. The molecule has 32 heavy (non-hydrogen) atoms. The number of likely N-dealkylation sites (tertiary alicyclic amines) is 1. The molecule has 1 heterocycles. The Bertz CT molecular complexity index is 979. The van der Waals surface area contributed by atoms with E-state index in [4.69, 9.17) is 0 Å². The summed E-state index contributed by atoms with van der Waals surface area (Å²) >= 11 is 0. The largest absolute Gasteiger partial charge is 0.508 e. The minimum absolute atomic E-state index is 0.113. The molecule has 168 valence electrons. The van der Waals surface area contributed by atoms with Crippen LogP contribution in [0.15, 0.2) is 78.9 Å². The van der Waals surface area contributed by atoms with Gasteiger partial charge in [0.15, 0.2) is 0 Å². The third-order valence-electron chi connectivity index (χ3n) is 7.04. The molecule has 0 saturated carbocycles. The van der Waals surface area contributed by atoms with Gasteiger partial charge in [-0.15, -0.1) is 0 Å². The van der Waals surface area contributed by atoms with Crippen molar-refractivity contribution in [3.05, 3.63) is 101 Å². The smallest absolute Gasteiger partial charge is 0.119 e. The number of piperidine rings is 1. The van der Waals surface area contributed by atoms with Crippen LogP contribution in [-0.2, 0) is 18.4 Å². The third-order valence-corrected chi connectivity index (χ3v) is 7.04. The van der Waals surface area contributed by atoms with E-state index in [1.165, 1.54) is 16.7 Å². The lowest BCUT2D eigenvalue weighted by Crippen LogP contribution is -2.41. The number of benzene rings is 3. The Morgan fingerprint density at radius 1 is 0.875 bits per heavy atom. The highest BCUT2D eigenvalue weighted by Crippen LogP contribution is 2.45. The van der Waals surface area contributed by atoms with Crippen molar-refractivity contribution in [1.82, 2.24) is 9.80 Å². The molecule has 3 nitrogen and oxygen atoms in total. The lowest BCUT2D eigenvalue weighted by atomic mass is 9.67. The van der Waals surface area contributed by atoms with Gasteiger partial charge in [-0.1, -0.05) is 72.8 Å². The summed E-state index contributed by atoms with van der Waals surface area (Å²) in [5, 5.41) is 10.9. The molecular weight excluding hydrogens is 392 g/mol. The van der Waals surface area contributed by atoms with E-state index in [0.29, 0.717) is 5.75 Å². The lowest BCUT2D eigenvalue weighted by molar-refractivity contribution is 0.210. The standard InChI is InChI=1S/C29H36N2O/c1-30-20-17-29(18-21-30,26-13-7-4-8-14-26)27-22-24(15-16-28(27)32)12-9-19-31(2)23-25-10-5-3-6-11-25/h3-8,10-11,13-16,22,32H,9,12,17-21,23H2,1-2H3. The quantitative estimate of drug-likeness (QED) is 0.515. The highest BCUT2D eigenvalue weighted by molar-refractivity contribution is 5.49. The van der Waals surface area contributed by atoms with Crippen molar-refractivity contribution in [2.45, 2.75) is 37.6 Å². The first kappa shape index (κ1) is 22.6. The monoisotopic (exact) mass is 428 g/mol. The average molecular weight is 429 g/mol. The first-order valence-corrected chi connectivity index (χ1v) is 11.9. The molecule has 0 spiro atoms. The molecule has 4 rings (SSSR count). The highest BCUT2D eigenvalue weighted by Gasteiger charge is 2.39. The van der Waals surface area contributed by atoms with E-state index < -0.39 is 0 Å². The molecule has 1 fully saturated rings. The van der Waals surface area contributed by atoms with Gasteiger partial charge in [0.25, 0.3) is 0 Å². The third kappa shape index (κ3) is 5.23. The molecule has 1 aliphatic rings. The minimum Gasteiger partial charge on any atom is -0.508 e. The highest BCUT2D eigenvalue weighted by atomic mass is 16.3. The Morgan fingerprint density at radius 3 is 2.22 bits per heavy atom. The van der Waals surface area contributed by atoms with Crippen molar-refractivity contribution in [2.75, 3.05) is 33.7 Å². The first-order chi connectivity index (χ1) is 15.6. The fourth-order valence-electron chi connectivity index (χ4n) is 5.12. The van der Waals surface area contributed by atoms with Gasteiger partial charge < -0.3 is 14.9 Å². The van der Waals surface area contributed by atoms with Crippen LogP contribution in [0.25, 0.3) is 0 Å². The van der Waals surface area contributed by atoms with Crippen LogP contribution in [-0.4, -0.2) is 48.6 Å². The summed E-state index contributed by atoms with van der Waals surface area (Å²) in [4.78, 5) is 4.78. The van der Waals surface area contributed by atoms with Crippen LogP contribution in [0.2, 0.25) is 0 Å². The normalized spacial score (nSPS) is 16.3. The molecule has 0 aromatic heterocycles. The second-order valence-electron chi connectivity index (χ2n) is 9.43. The molecule has 1 aliphatic heterocycles. The fraction of sp³-hybridized carbons (Fsp3) is 0.379. The van der Waals surface area contributed by atoms with Gasteiger partial charge in [0, 0.05) is 17.5 Å². The lowest BCUT2D eigenvalue weighted by Gasteiger charge is -2.42. The molecule has 0 radical (unpaired) electrons. The summed E-state index contributed by atoms with van der Waals surface area (Å²) in [6, 6.07) is 27.7. The molecule has 3 heteroatoms. The summed E-state index contributed by atoms with van der Waals surface area (Å²) in [7, 11) is 4.38. The van der Waals surface area contributed by atoms with E-state index in [9.17, 15) is 5.11 Å². The molecule has 1 saturated heterocycles. The minimum atomic E-state index is -0.113. The summed E-state index contributed by atoms with van der Waals surface area (Å²) in [6.45, 7) is 4.12. The summed E-state index contributed by atoms with van der Waals surface area (Å²) in [6.07, 6.45) is 4.19. The number of phenolic OH excluding ortho intramolecular Hbond substituents is 1. The number of hydrogen-bond acceptors (Lipinski definition) is 3. The Hall–Kier alpha value is -2.62. The van der Waals surface area contributed by atoms with E-state index in [0.717, 1.165) is 57.4 Å². The first-order valence-electron chi connectivity index (χ1n) is 11.9. The van der Waals surface area contributed by atoms with Crippen molar-refractivity contribution in [3.63, 3.8) is 0 Å². The number of nitrogens with zero attached hydrogens (tertiary/aromatic N) is 2. The summed E-state index contributed by atoms with van der Waals surface area (Å²) in [5.74, 6) is 0.434. The van der Waals surface area contributed by atoms with E-state index in [-0.39, 0.29) is 5.41 Å². The van der Waals surface area contributed by atoms with Crippen molar-refractivity contribution >= 4 is 0 Å². The van der Waals surface area contributed by atoms with Crippen LogP contribution in [0.3, 0.4) is 0 Å². The van der Waals surface area contributed by atoms with Crippen LogP contribution in [0.5, 0.6) is 5.75 Å². The zero-order valence-corrected chi connectivity index (χ0v) is 19.5. The maximum absolute atomic E-state index is 10.9. The van der Waals surface area contributed by atoms with Crippen molar-refractivity contribution < 1.29 is 5.11 Å². The second-order valence-corrected chi connectivity index (χ2v) is 9.43. The Morgan fingerprint density at radius 2 is 1.53 bits per heavy atom. The summed E-state index contributed by atoms with van der Waals surface area (Å²) in [5.41, 5.74) is 4.99. The number of phenols is 1. The van der Waals surface area contributed by atoms with Crippen LogP contribution in [0, 0.1) is 0 Å². The maximum atomic E-state index is 10.9. The molecule has 0 unspecified atom stereocenters.